The summed E-state index contributed by atoms with van der Waals surface area (Å²) in [5.74, 6) is 0.596. The predicted octanol–water partition coefficient (Wildman–Crippen LogP) is 1.11. The van der Waals surface area contributed by atoms with Crippen molar-refractivity contribution in [2.75, 3.05) is 12.3 Å². The SMILES string of the molecule is CC(C)CCS(=O)(=O)NCCCC(C)O. The van der Waals surface area contributed by atoms with E-state index in [1.807, 2.05) is 13.8 Å². The highest BCUT2D eigenvalue weighted by Gasteiger charge is 2.10. The van der Waals surface area contributed by atoms with Gasteiger partial charge >= 0.3 is 0 Å². The lowest BCUT2D eigenvalue weighted by Crippen LogP contribution is -2.28. The zero-order valence-electron chi connectivity index (χ0n) is 9.86. The molecule has 0 aromatic heterocycles. The van der Waals surface area contributed by atoms with Gasteiger partial charge in [-0.1, -0.05) is 13.8 Å². The van der Waals surface area contributed by atoms with Crippen molar-refractivity contribution in [3.8, 4) is 0 Å². The van der Waals surface area contributed by atoms with Gasteiger partial charge in [0.05, 0.1) is 11.9 Å². The van der Waals surface area contributed by atoms with Crippen molar-refractivity contribution in [2.45, 2.75) is 46.1 Å². The van der Waals surface area contributed by atoms with Crippen LogP contribution in [-0.4, -0.2) is 31.9 Å². The third-order valence-electron chi connectivity index (χ3n) is 2.08. The Morgan fingerprint density at radius 3 is 2.27 bits per heavy atom. The number of nitrogens with one attached hydrogen (secondary N) is 1. The highest BCUT2D eigenvalue weighted by Crippen LogP contribution is 2.02. The molecule has 0 aliphatic carbocycles. The summed E-state index contributed by atoms with van der Waals surface area (Å²) >= 11 is 0. The third-order valence-corrected chi connectivity index (χ3v) is 3.50. The Bertz CT molecular complexity index is 247. The van der Waals surface area contributed by atoms with Crippen LogP contribution in [0, 0.1) is 5.92 Å². The standard InChI is InChI=1S/C10H23NO3S/c1-9(2)6-8-15(13,14)11-7-4-5-10(3)12/h9-12H,4-8H2,1-3H3. The summed E-state index contributed by atoms with van der Waals surface area (Å²) in [5, 5.41) is 8.98. The lowest BCUT2D eigenvalue weighted by molar-refractivity contribution is 0.182. The highest BCUT2D eigenvalue weighted by molar-refractivity contribution is 7.89. The molecule has 1 unspecified atom stereocenters. The van der Waals surface area contributed by atoms with Crippen LogP contribution in [0.5, 0.6) is 0 Å². The topological polar surface area (TPSA) is 66.4 Å². The Labute approximate surface area is 93.1 Å². The van der Waals surface area contributed by atoms with Crippen molar-refractivity contribution in [1.82, 2.24) is 4.72 Å². The summed E-state index contributed by atoms with van der Waals surface area (Å²) in [6.07, 6.45) is 1.64. The van der Waals surface area contributed by atoms with E-state index in [1.165, 1.54) is 0 Å². The fourth-order valence-corrected chi connectivity index (χ4v) is 2.47. The lowest BCUT2D eigenvalue weighted by atomic mass is 10.2. The second-order valence-corrected chi connectivity index (χ2v) is 6.31. The zero-order valence-corrected chi connectivity index (χ0v) is 10.7. The van der Waals surface area contributed by atoms with Gasteiger partial charge in [0.2, 0.25) is 10.0 Å². The van der Waals surface area contributed by atoms with E-state index in [0.717, 1.165) is 0 Å². The molecule has 0 bridgehead atoms. The van der Waals surface area contributed by atoms with E-state index in [1.54, 1.807) is 6.92 Å². The molecule has 0 heterocycles. The van der Waals surface area contributed by atoms with Gasteiger partial charge in [-0.2, -0.15) is 0 Å². The van der Waals surface area contributed by atoms with E-state index in [-0.39, 0.29) is 11.9 Å². The summed E-state index contributed by atoms with van der Waals surface area (Å²) < 4.78 is 25.3. The molecule has 2 N–H and O–H groups in total. The number of aliphatic hydroxyl groups excluding tert-OH is 1. The molecule has 0 fully saturated rings. The molecule has 0 spiro atoms. The quantitative estimate of drug-likeness (QED) is 0.622. The van der Waals surface area contributed by atoms with Crippen LogP contribution >= 0.6 is 0 Å². The number of aliphatic hydroxyl groups is 1. The van der Waals surface area contributed by atoms with E-state index in [9.17, 15) is 8.42 Å². The maximum absolute atomic E-state index is 11.4. The van der Waals surface area contributed by atoms with Gasteiger partial charge in [-0.3, -0.25) is 0 Å². The summed E-state index contributed by atoms with van der Waals surface area (Å²) in [6.45, 7) is 6.13. The van der Waals surface area contributed by atoms with Crippen molar-refractivity contribution in [1.29, 1.82) is 0 Å². The van der Waals surface area contributed by atoms with E-state index in [4.69, 9.17) is 5.11 Å². The van der Waals surface area contributed by atoms with Crippen LogP contribution < -0.4 is 4.72 Å². The summed E-state index contributed by atoms with van der Waals surface area (Å²) in [5.41, 5.74) is 0. The van der Waals surface area contributed by atoms with Gasteiger partial charge in [0.15, 0.2) is 0 Å². The van der Waals surface area contributed by atoms with E-state index >= 15 is 0 Å². The number of sulfonamides is 1. The minimum atomic E-state index is -3.11. The number of rotatable bonds is 8. The van der Waals surface area contributed by atoms with Crippen LogP contribution in [-0.2, 0) is 10.0 Å². The van der Waals surface area contributed by atoms with Gasteiger partial charge in [0, 0.05) is 6.54 Å². The molecule has 0 aromatic rings. The lowest BCUT2D eigenvalue weighted by Gasteiger charge is -2.08. The second-order valence-electron chi connectivity index (χ2n) is 4.39. The first-order chi connectivity index (χ1) is 6.83. The minimum absolute atomic E-state index is 0.194. The van der Waals surface area contributed by atoms with Crippen LogP contribution in [0.15, 0.2) is 0 Å². The first kappa shape index (κ1) is 14.9. The van der Waals surface area contributed by atoms with Gasteiger partial charge in [-0.15, -0.1) is 0 Å². The summed E-state index contributed by atoms with van der Waals surface area (Å²) in [6, 6.07) is 0. The maximum atomic E-state index is 11.4. The molecule has 0 saturated carbocycles. The van der Waals surface area contributed by atoms with Crippen LogP contribution in [0.25, 0.3) is 0 Å². The van der Waals surface area contributed by atoms with Crippen LogP contribution in [0.2, 0.25) is 0 Å². The normalized spacial score (nSPS) is 14.5. The van der Waals surface area contributed by atoms with Crippen LogP contribution in [0.4, 0.5) is 0 Å². The Hall–Kier alpha value is -0.130. The molecule has 15 heavy (non-hydrogen) atoms. The predicted molar refractivity (Wildman–Crippen MR) is 62.2 cm³/mol. The number of hydrogen-bond acceptors (Lipinski definition) is 3. The molecule has 0 aromatic carbocycles. The minimum Gasteiger partial charge on any atom is -0.393 e. The summed E-state index contributed by atoms with van der Waals surface area (Å²) in [4.78, 5) is 0. The van der Waals surface area contributed by atoms with E-state index in [0.29, 0.717) is 31.7 Å². The smallest absolute Gasteiger partial charge is 0.211 e. The molecule has 0 aliphatic heterocycles. The first-order valence-corrected chi connectivity index (χ1v) is 7.14. The average Bonchev–Trinajstić information content (AvgIpc) is 2.09. The average molecular weight is 237 g/mol. The van der Waals surface area contributed by atoms with Crippen LogP contribution in [0.1, 0.15) is 40.0 Å². The van der Waals surface area contributed by atoms with Crippen molar-refractivity contribution in [3.63, 3.8) is 0 Å². The van der Waals surface area contributed by atoms with Gasteiger partial charge < -0.3 is 5.11 Å². The monoisotopic (exact) mass is 237 g/mol. The van der Waals surface area contributed by atoms with Crippen molar-refractivity contribution in [3.05, 3.63) is 0 Å². The molecule has 0 aliphatic rings. The molecular weight excluding hydrogens is 214 g/mol. The molecule has 4 nitrogen and oxygen atoms in total. The highest BCUT2D eigenvalue weighted by atomic mass is 32.2. The molecule has 0 amide bonds. The Kier molecular flexibility index (Phi) is 7.13. The van der Waals surface area contributed by atoms with Crippen molar-refractivity contribution >= 4 is 10.0 Å². The first-order valence-electron chi connectivity index (χ1n) is 5.49. The Morgan fingerprint density at radius 2 is 1.80 bits per heavy atom. The Morgan fingerprint density at radius 1 is 1.20 bits per heavy atom. The van der Waals surface area contributed by atoms with E-state index < -0.39 is 10.0 Å². The second kappa shape index (κ2) is 7.19. The molecule has 0 saturated heterocycles. The van der Waals surface area contributed by atoms with Crippen LogP contribution in [0.3, 0.4) is 0 Å². The molecule has 5 heteroatoms. The molecule has 0 radical (unpaired) electrons. The Balaban J connectivity index is 3.66. The third kappa shape index (κ3) is 10.2. The molecule has 1 atom stereocenters. The summed E-state index contributed by atoms with van der Waals surface area (Å²) in [7, 11) is -3.11. The number of hydrogen-bond donors (Lipinski definition) is 2. The fourth-order valence-electron chi connectivity index (χ4n) is 1.09. The van der Waals surface area contributed by atoms with Gasteiger partial charge in [0.25, 0.3) is 0 Å². The van der Waals surface area contributed by atoms with Gasteiger partial charge in [-0.25, -0.2) is 13.1 Å². The maximum Gasteiger partial charge on any atom is 0.211 e. The fraction of sp³-hybridized carbons (Fsp3) is 1.00. The largest absolute Gasteiger partial charge is 0.393 e. The molecule has 92 valence electrons. The van der Waals surface area contributed by atoms with Crippen molar-refractivity contribution < 1.29 is 13.5 Å². The molecular formula is C10H23NO3S. The molecule has 0 rings (SSSR count). The van der Waals surface area contributed by atoms with Crippen molar-refractivity contribution in [2.24, 2.45) is 5.92 Å². The van der Waals surface area contributed by atoms with Gasteiger partial charge in [0.1, 0.15) is 0 Å². The zero-order chi connectivity index (χ0) is 11.9. The van der Waals surface area contributed by atoms with Gasteiger partial charge in [-0.05, 0) is 32.1 Å². The van der Waals surface area contributed by atoms with E-state index in [2.05, 4.69) is 4.72 Å².